The van der Waals surface area contributed by atoms with Gasteiger partial charge in [-0.05, 0) is 43.2 Å². The van der Waals surface area contributed by atoms with Gasteiger partial charge >= 0.3 is 0 Å². The van der Waals surface area contributed by atoms with Gasteiger partial charge in [-0.2, -0.15) is 0 Å². The summed E-state index contributed by atoms with van der Waals surface area (Å²) < 4.78 is 5.26. The number of benzene rings is 2. The molecular weight excluding hydrogens is 366 g/mol. The van der Waals surface area contributed by atoms with Gasteiger partial charge in [0, 0.05) is 24.2 Å². The Balaban J connectivity index is 1.58. The number of carbonyl (C=O) groups is 2. The van der Waals surface area contributed by atoms with E-state index in [-0.39, 0.29) is 11.8 Å². The summed E-state index contributed by atoms with van der Waals surface area (Å²) in [4.78, 5) is 31.6. The maximum Gasteiger partial charge on any atom is 0.254 e. The number of aromatic nitrogens is 1. The number of fused-ring (bicyclic) bond motifs is 1. The molecule has 0 aliphatic carbocycles. The predicted octanol–water partition coefficient (Wildman–Crippen LogP) is 2.72. The van der Waals surface area contributed by atoms with Crippen molar-refractivity contribution in [3.8, 4) is 5.75 Å². The highest BCUT2D eigenvalue weighted by Gasteiger charge is 2.50. The zero-order valence-corrected chi connectivity index (χ0v) is 16.5. The summed E-state index contributed by atoms with van der Waals surface area (Å²) >= 11 is 0. The normalized spacial score (nSPS) is 15.0. The minimum absolute atomic E-state index is 0.103. The number of rotatable bonds is 5. The molecule has 2 heterocycles. The van der Waals surface area contributed by atoms with Gasteiger partial charge in [-0.25, -0.2) is 0 Å². The lowest BCUT2D eigenvalue weighted by molar-refractivity contribution is -0.135. The molecule has 6 nitrogen and oxygen atoms in total. The Hall–Kier alpha value is -3.41. The Kier molecular flexibility index (Phi) is 4.70. The summed E-state index contributed by atoms with van der Waals surface area (Å²) in [5, 5.41) is 0.812. The summed E-state index contributed by atoms with van der Waals surface area (Å²) in [5.74, 6) is 0.238. The lowest BCUT2D eigenvalue weighted by Crippen LogP contribution is -2.64. The molecule has 0 atom stereocenters. The number of ether oxygens (including phenoxy) is 1. The number of para-hydroxylation sites is 1. The third-order valence-corrected chi connectivity index (χ3v) is 5.55. The number of pyridine rings is 1. The number of nitrogens with two attached hydrogens (primary N) is 1. The van der Waals surface area contributed by atoms with Crippen LogP contribution < -0.4 is 10.5 Å². The van der Waals surface area contributed by atoms with E-state index in [2.05, 4.69) is 4.98 Å². The monoisotopic (exact) mass is 389 g/mol. The average molecular weight is 389 g/mol. The van der Waals surface area contributed by atoms with Gasteiger partial charge < -0.3 is 15.4 Å². The molecular formula is C23H23N3O3. The second kappa shape index (κ2) is 7.20. The molecule has 1 aromatic heterocycles. The zero-order valence-electron chi connectivity index (χ0n) is 16.5. The third-order valence-electron chi connectivity index (χ3n) is 5.55. The summed E-state index contributed by atoms with van der Waals surface area (Å²) in [6.45, 7) is 2.47. The highest BCUT2D eigenvalue weighted by molar-refractivity contribution is 6.07. The number of likely N-dealkylation sites (tertiary alicyclic amines) is 1. The van der Waals surface area contributed by atoms with Crippen LogP contribution in [0.5, 0.6) is 5.75 Å². The van der Waals surface area contributed by atoms with Crippen LogP contribution in [-0.4, -0.2) is 41.9 Å². The van der Waals surface area contributed by atoms with E-state index < -0.39 is 5.41 Å². The van der Waals surface area contributed by atoms with Crippen LogP contribution in [0.3, 0.4) is 0 Å². The fourth-order valence-electron chi connectivity index (χ4n) is 4.01. The molecule has 6 heteroatoms. The van der Waals surface area contributed by atoms with E-state index in [0.29, 0.717) is 25.1 Å². The number of primary amides is 1. The van der Waals surface area contributed by atoms with E-state index in [4.69, 9.17) is 10.5 Å². The van der Waals surface area contributed by atoms with E-state index >= 15 is 0 Å². The van der Waals surface area contributed by atoms with Gasteiger partial charge in [-0.1, -0.05) is 30.3 Å². The van der Waals surface area contributed by atoms with Gasteiger partial charge in [0.1, 0.15) is 5.75 Å². The molecule has 0 spiro atoms. The zero-order chi connectivity index (χ0) is 20.6. The smallest absolute Gasteiger partial charge is 0.254 e. The maximum absolute atomic E-state index is 13.2. The molecule has 2 amide bonds. The molecule has 0 unspecified atom stereocenters. The van der Waals surface area contributed by atoms with Crippen molar-refractivity contribution in [2.45, 2.75) is 13.3 Å². The summed E-state index contributed by atoms with van der Waals surface area (Å²) in [6, 6.07) is 17.0. The summed E-state index contributed by atoms with van der Waals surface area (Å²) in [7, 11) is 1.60. The topological polar surface area (TPSA) is 85.5 Å². The Morgan fingerprint density at radius 1 is 1.14 bits per heavy atom. The van der Waals surface area contributed by atoms with Crippen LogP contribution >= 0.6 is 0 Å². The SMILES string of the molecule is COc1cccc(CC2(C(N)=O)CN(C(=O)c3cc(C)nc4ccccc34)C2)c1. The molecule has 1 saturated heterocycles. The fraction of sp³-hybridized carbons (Fsp3) is 0.261. The van der Waals surface area contributed by atoms with Gasteiger partial charge in [0.15, 0.2) is 0 Å². The van der Waals surface area contributed by atoms with Gasteiger partial charge in [0.25, 0.3) is 5.91 Å². The van der Waals surface area contributed by atoms with Crippen LogP contribution in [0.2, 0.25) is 0 Å². The highest BCUT2D eigenvalue weighted by atomic mass is 16.5. The highest BCUT2D eigenvalue weighted by Crippen LogP contribution is 2.36. The van der Waals surface area contributed by atoms with E-state index in [1.54, 1.807) is 18.1 Å². The first-order valence-electron chi connectivity index (χ1n) is 9.50. The van der Waals surface area contributed by atoms with Crippen LogP contribution in [0.15, 0.2) is 54.6 Å². The Labute approximate surface area is 169 Å². The van der Waals surface area contributed by atoms with Crippen molar-refractivity contribution in [3.05, 3.63) is 71.4 Å². The quantitative estimate of drug-likeness (QED) is 0.727. The van der Waals surface area contributed by atoms with Crippen molar-refractivity contribution < 1.29 is 14.3 Å². The van der Waals surface area contributed by atoms with Crippen molar-refractivity contribution in [1.29, 1.82) is 0 Å². The van der Waals surface area contributed by atoms with Crippen LogP contribution in [0.1, 0.15) is 21.6 Å². The van der Waals surface area contributed by atoms with Crippen LogP contribution in [-0.2, 0) is 11.2 Å². The number of hydrogen-bond acceptors (Lipinski definition) is 4. The van der Waals surface area contributed by atoms with Gasteiger partial charge in [0.2, 0.25) is 5.91 Å². The molecule has 0 bridgehead atoms. The van der Waals surface area contributed by atoms with Gasteiger partial charge in [-0.15, -0.1) is 0 Å². The number of amides is 2. The molecule has 3 aromatic rings. The number of hydrogen-bond donors (Lipinski definition) is 1. The fourth-order valence-corrected chi connectivity index (χ4v) is 4.01. The first-order chi connectivity index (χ1) is 13.9. The summed E-state index contributed by atoms with van der Waals surface area (Å²) in [6.07, 6.45) is 0.472. The minimum atomic E-state index is -0.764. The lowest BCUT2D eigenvalue weighted by Gasteiger charge is -2.48. The van der Waals surface area contributed by atoms with Crippen molar-refractivity contribution in [1.82, 2.24) is 9.88 Å². The lowest BCUT2D eigenvalue weighted by atomic mass is 9.73. The Morgan fingerprint density at radius 3 is 2.62 bits per heavy atom. The second-order valence-electron chi connectivity index (χ2n) is 7.66. The van der Waals surface area contributed by atoms with E-state index in [9.17, 15) is 9.59 Å². The predicted molar refractivity (Wildman–Crippen MR) is 111 cm³/mol. The number of carbonyl (C=O) groups excluding carboxylic acids is 2. The number of aryl methyl sites for hydroxylation is 1. The third kappa shape index (κ3) is 3.42. The molecule has 1 aliphatic rings. The molecule has 0 radical (unpaired) electrons. The van der Waals surface area contributed by atoms with Gasteiger partial charge in [0.05, 0.1) is 23.6 Å². The molecule has 0 saturated carbocycles. The minimum Gasteiger partial charge on any atom is -0.497 e. The molecule has 1 fully saturated rings. The van der Waals surface area contributed by atoms with E-state index in [1.165, 1.54) is 0 Å². The average Bonchev–Trinajstić information content (AvgIpc) is 2.69. The van der Waals surface area contributed by atoms with Crippen molar-refractivity contribution in [2.75, 3.05) is 20.2 Å². The van der Waals surface area contributed by atoms with Crippen molar-refractivity contribution in [3.63, 3.8) is 0 Å². The number of nitrogens with zero attached hydrogens (tertiary/aromatic N) is 2. The molecule has 2 aromatic carbocycles. The second-order valence-corrected chi connectivity index (χ2v) is 7.66. The van der Waals surface area contributed by atoms with Gasteiger partial charge in [-0.3, -0.25) is 14.6 Å². The Morgan fingerprint density at radius 2 is 1.90 bits per heavy atom. The van der Waals surface area contributed by atoms with E-state index in [1.807, 2.05) is 55.5 Å². The molecule has 2 N–H and O–H groups in total. The molecule has 148 valence electrons. The van der Waals surface area contributed by atoms with Crippen LogP contribution in [0, 0.1) is 12.3 Å². The summed E-state index contributed by atoms with van der Waals surface area (Å²) in [5.41, 5.74) is 8.12. The maximum atomic E-state index is 13.2. The standard InChI is InChI=1S/C23H23N3O3/c1-15-10-19(18-8-3-4-9-20(18)25-15)21(27)26-13-23(14-26,22(24)28)12-16-6-5-7-17(11-16)29-2/h3-11H,12-14H2,1-2H3,(H2,24,28). The molecule has 4 rings (SSSR count). The Bertz CT molecular complexity index is 1100. The largest absolute Gasteiger partial charge is 0.497 e. The van der Waals surface area contributed by atoms with Crippen molar-refractivity contribution >= 4 is 22.7 Å². The molecule has 29 heavy (non-hydrogen) atoms. The first kappa shape index (κ1) is 18.9. The van der Waals surface area contributed by atoms with E-state index in [0.717, 1.165) is 27.9 Å². The van der Waals surface area contributed by atoms with Crippen molar-refractivity contribution in [2.24, 2.45) is 11.1 Å². The first-order valence-corrected chi connectivity index (χ1v) is 9.50. The molecule has 1 aliphatic heterocycles. The van der Waals surface area contributed by atoms with Crippen LogP contribution in [0.4, 0.5) is 0 Å². The van der Waals surface area contributed by atoms with Crippen LogP contribution in [0.25, 0.3) is 10.9 Å². The number of methoxy groups -OCH3 is 1.